The molecule has 1 aliphatic carbocycles. The Morgan fingerprint density at radius 3 is 2.44 bits per heavy atom. The number of ether oxygens (including phenoxy) is 1. The number of carbonyl (C=O) groups is 2. The smallest absolute Gasteiger partial charge is 0.416 e. The molecular weight excluding hydrogens is 498 g/mol. The van der Waals surface area contributed by atoms with Crippen molar-refractivity contribution in [1.82, 2.24) is 0 Å². The minimum atomic E-state index is -4.79. The summed E-state index contributed by atoms with van der Waals surface area (Å²) < 4.78 is 80.8. The van der Waals surface area contributed by atoms with Gasteiger partial charge in [-0.3, -0.25) is 9.59 Å². The molecule has 4 atom stereocenters. The maximum Gasteiger partial charge on any atom is 0.416 e. The van der Waals surface area contributed by atoms with Crippen molar-refractivity contribution in [1.29, 1.82) is 0 Å². The zero-order valence-corrected chi connectivity index (χ0v) is 17.9. The number of carbonyl (C=O) groups excluding carboxylic acids is 1. The van der Waals surface area contributed by atoms with Crippen molar-refractivity contribution in [3.8, 4) is 0 Å². The summed E-state index contributed by atoms with van der Waals surface area (Å²) in [7, 11) is -2.81. The van der Waals surface area contributed by atoms with Crippen LogP contribution in [0.5, 0.6) is 0 Å². The molecule has 1 fully saturated rings. The summed E-state index contributed by atoms with van der Waals surface area (Å²) in [6.45, 7) is 0. The van der Waals surface area contributed by atoms with Crippen LogP contribution < -0.4 is 5.32 Å². The molecule has 3 rings (SSSR count). The zero-order chi connectivity index (χ0) is 26.1. The van der Waals surface area contributed by atoms with Crippen molar-refractivity contribution in [3.05, 3.63) is 63.9 Å². The minimum Gasteiger partial charge on any atom is -0.481 e. The second kappa shape index (κ2) is 9.58. The van der Waals surface area contributed by atoms with Crippen LogP contribution in [-0.2, 0) is 20.5 Å². The number of amides is 1. The molecule has 2 aromatic carbocycles. The number of nitrogens with one attached hydrogen (secondary N) is 1. The number of carboxylic acid groups (broad SMARTS) is 1. The van der Waals surface area contributed by atoms with Crippen molar-refractivity contribution in [2.75, 3.05) is 12.4 Å². The van der Waals surface area contributed by atoms with Crippen LogP contribution in [-0.4, -0.2) is 30.1 Å². The number of rotatable bonds is 5. The van der Waals surface area contributed by atoms with Gasteiger partial charge in [-0.1, -0.05) is 28.1 Å². The molecule has 172 valence electrons. The molecule has 2 aromatic rings. The Balaban J connectivity index is 1.95. The lowest BCUT2D eigenvalue weighted by Gasteiger charge is -2.38. The van der Waals surface area contributed by atoms with Crippen LogP contribution in [0.3, 0.4) is 0 Å². The monoisotopic (exact) mass is 520 g/mol. The summed E-state index contributed by atoms with van der Waals surface area (Å²) in [6.07, 6.45) is -6.12. The lowest BCUT2D eigenvalue weighted by molar-refractivity contribution is -0.151. The predicted octanol–water partition coefficient (Wildman–Crippen LogP) is 5.46. The Hall–Kier alpha value is -2.46. The van der Waals surface area contributed by atoms with Gasteiger partial charge in [0.1, 0.15) is 5.82 Å². The van der Waals surface area contributed by atoms with Gasteiger partial charge < -0.3 is 15.2 Å². The third-order valence-corrected chi connectivity index (χ3v) is 6.07. The fraction of sp³-hybridized carbons (Fsp3) is 0.364. The average Bonchev–Trinajstić information content (AvgIpc) is 2.73. The van der Waals surface area contributed by atoms with E-state index in [1.807, 2.05) is 0 Å². The maximum absolute atomic E-state index is 14.3. The zero-order valence-electron chi connectivity index (χ0n) is 19.3. The Morgan fingerprint density at radius 1 is 1.19 bits per heavy atom. The summed E-state index contributed by atoms with van der Waals surface area (Å²) in [5, 5.41) is 12.1. The van der Waals surface area contributed by atoms with E-state index in [0.29, 0.717) is 16.1 Å². The van der Waals surface area contributed by atoms with Crippen LogP contribution in [0.25, 0.3) is 0 Å². The Labute approximate surface area is 194 Å². The standard InChI is InChI=1S/C22H20BrF4NO4/c1-32-14-9-15(11-2-5-13(23)6-3-11)19(21(30)31)16(10-14)20(29)28-18-7-4-12(8-17(18)24)22(25,26)27/h2-8,14-16,19H,9-10H2,1H3,(H,28,29)(H,30,31)/i1D3. The number of hydrogen-bond acceptors (Lipinski definition) is 3. The molecule has 0 saturated heterocycles. The molecular formula is C22H20BrF4NO4. The number of methoxy groups -OCH3 is 1. The molecule has 10 heteroatoms. The van der Waals surface area contributed by atoms with Crippen LogP contribution >= 0.6 is 15.9 Å². The summed E-state index contributed by atoms with van der Waals surface area (Å²) in [4.78, 5) is 25.3. The van der Waals surface area contributed by atoms with E-state index in [0.717, 1.165) is 6.07 Å². The van der Waals surface area contributed by atoms with E-state index in [4.69, 9.17) is 8.85 Å². The van der Waals surface area contributed by atoms with E-state index in [2.05, 4.69) is 21.2 Å². The molecule has 1 aliphatic rings. The van der Waals surface area contributed by atoms with Crippen molar-refractivity contribution in [2.24, 2.45) is 11.8 Å². The quantitative estimate of drug-likeness (QED) is 0.513. The van der Waals surface area contributed by atoms with Gasteiger partial charge >= 0.3 is 12.1 Å². The second-order valence-corrected chi connectivity index (χ2v) is 8.44. The van der Waals surface area contributed by atoms with Crippen molar-refractivity contribution < 1.29 is 41.1 Å². The molecule has 0 heterocycles. The van der Waals surface area contributed by atoms with Crippen LogP contribution in [0.1, 0.15) is 34.0 Å². The summed E-state index contributed by atoms with van der Waals surface area (Å²) in [5.74, 6) is -7.17. The molecule has 0 aromatic heterocycles. The summed E-state index contributed by atoms with van der Waals surface area (Å²) in [6, 6.07) is 8.12. The minimum absolute atomic E-state index is 0.00455. The van der Waals surface area contributed by atoms with Gasteiger partial charge in [-0.2, -0.15) is 13.2 Å². The van der Waals surface area contributed by atoms with Gasteiger partial charge in [-0.15, -0.1) is 0 Å². The lowest BCUT2D eigenvalue weighted by atomic mass is 9.68. The second-order valence-electron chi connectivity index (χ2n) is 7.52. The highest BCUT2D eigenvalue weighted by Gasteiger charge is 2.46. The first-order chi connectivity index (χ1) is 16.2. The van der Waals surface area contributed by atoms with Gasteiger partial charge in [-0.05, 0) is 48.7 Å². The number of anilines is 1. The molecule has 0 radical (unpaired) electrons. The third-order valence-electron chi connectivity index (χ3n) is 5.54. The average molecular weight is 521 g/mol. The maximum atomic E-state index is 14.3. The summed E-state index contributed by atoms with van der Waals surface area (Å²) >= 11 is 3.28. The molecule has 2 N–H and O–H groups in total. The Morgan fingerprint density at radius 2 is 1.88 bits per heavy atom. The van der Waals surface area contributed by atoms with Gasteiger partial charge in [0, 0.05) is 17.4 Å². The Kier molecular flexibility index (Phi) is 6.04. The van der Waals surface area contributed by atoms with E-state index >= 15 is 0 Å². The number of hydrogen-bond donors (Lipinski definition) is 2. The van der Waals surface area contributed by atoms with Gasteiger partial charge in [0.05, 0.1) is 33.3 Å². The van der Waals surface area contributed by atoms with Crippen LogP contribution in [0.2, 0.25) is 0 Å². The van der Waals surface area contributed by atoms with Crippen molar-refractivity contribution >= 4 is 33.5 Å². The molecule has 32 heavy (non-hydrogen) atoms. The molecule has 0 bridgehead atoms. The van der Waals surface area contributed by atoms with E-state index in [9.17, 15) is 32.3 Å². The number of carboxylic acids is 1. The molecule has 0 spiro atoms. The van der Waals surface area contributed by atoms with Gasteiger partial charge in [0.25, 0.3) is 0 Å². The molecule has 4 unspecified atom stereocenters. The van der Waals surface area contributed by atoms with Gasteiger partial charge in [0.15, 0.2) is 0 Å². The highest BCUT2D eigenvalue weighted by atomic mass is 79.9. The normalized spacial score (nSPS) is 25.3. The summed E-state index contributed by atoms with van der Waals surface area (Å²) in [5.41, 5.74) is -1.29. The van der Waals surface area contributed by atoms with Crippen LogP contribution in [0.15, 0.2) is 46.9 Å². The first-order valence-corrected chi connectivity index (χ1v) is 10.3. The van der Waals surface area contributed by atoms with E-state index < -0.39 is 66.0 Å². The number of alkyl halides is 3. The van der Waals surface area contributed by atoms with E-state index in [1.54, 1.807) is 24.3 Å². The number of aliphatic carboxylic acids is 1. The lowest BCUT2D eigenvalue weighted by Crippen LogP contribution is -2.44. The molecule has 1 saturated carbocycles. The molecule has 5 nitrogen and oxygen atoms in total. The fourth-order valence-corrected chi connectivity index (χ4v) is 4.28. The van der Waals surface area contributed by atoms with Crippen molar-refractivity contribution in [3.63, 3.8) is 0 Å². The third kappa shape index (κ3) is 5.29. The fourth-order valence-electron chi connectivity index (χ4n) is 4.02. The molecule has 0 aliphatic heterocycles. The van der Waals surface area contributed by atoms with E-state index in [-0.39, 0.29) is 18.9 Å². The number of benzene rings is 2. The molecule has 1 amide bonds. The highest BCUT2D eigenvalue weighted by molar-refractivity contribution is 9.10. The van der Waals surface area contributed by atoms with Crippen LogP contribution in [0, 0.1) is 17.7 Å². The Bertz CT molecular complexity index is 1100. The van der Waals surface area contributed by atoms with Gasteiger partial charge in [-0.25, -0.2) is 4.39 Å². The van der Waals surface area contributed by atoms with E-state index in [1.165, 1.54) is 0 Å². The van der Waals surface area contributed by atoms with Gasteiger partial charge in [0.2, 0.25) is 5.91 Å². The first kappa shape index (κ1) is 20.2. The predicted molar refractivity (Wildman–Crippen MR) is 112 cm³/mol. The first-order valence-electron chi connectivity index (χ1n) is 11.0. The van der Waals surface area contributed by atoms with Crippen LogP contribution in [0.4, 0.5) is 23.2 Å². The largest absolute Gasteiger partial charge is 0.481 e. The highest BCUT2D eigenvalue weighted by Crippen LogP contribution is 2.43. The number of halogens is 5. The SMILES string of the molecule is [2H]C([2H])([2H])OC1CC(C(=O)Nc2ccc(C(F)(F)F)cc2F)C(C(=O)O)C(c2ccc(Br)cc2)C1. The topological polar surface area (TPSA) is 75.6 Å². The van der Waals surface area contributed by atoms with Crippen molar-refractivity contribution in [2.45, 2.75) is 31.0 Å².